The molecule has 2 heterocycles. The molecule has 0 fully saturated rings. The first-order chi connectivity index (χ1) is 13.8. The van der Waals surface area contributed by atoms with Crippen LogP contribution in [0.5, 0.6) is 0 Å². The average Bonchev–Trinajstić information content (AvgIpc) is 3.10. The van der Waals surface area contributed by atoms with E-state index in [2.05, 4.69) is 21.0 Å². The van der Waals surface area contributed by atoms with Crippen molar-refractivity contribution < 1.29 is 14.5 Å². The predicted molar refractivity (Wildman–Crippen MR) is 109 cm³/mol. The van der Waals surface area contributed by atoms with Crippen molar-refractivity contribution in [1.82, 2.24) is 9.78 Å². The Morgan fingerprint density at radius 3 is 2.41 bits per heavy atom. The van der Waals surface area contributed by atoms with Crippen molar-refractivity contribution in [2.24, 2.45) is 0 Å². The van der Waals surface area contributed by atoms with Gasteiger partial charge >= 0.3 is 0 Å². The lowest BCUT2D eigenvalue weighted by Crippen LogP contribution is -2.30. The van der Waals surface area contributed by atoms with Crippen molar-refractivity contribution in [2.45, 2.75) is 20.4 Å². The molecule has 29 heavy (non-hydrogen) atoms. The Labute approximate surface area is 174 Å². The number of rotatable bonds is 4. The number of nitrogens with zero attached hydrogens (tertiary/aromatic N) is 4. The number of carbonyl (C=O) groups excluding carboxylic acids is 2. The Balaban J connectivity index is 1.76. The van der Waals surface area contributed by atoms with Crippen molar-refractivity contribution in [3.63, 3.8) is 0 Å². The normalized spacial score (nSPS) is 13.1. The number of imide groups is 1. The molecule has 0 saturated carbocycles. The first-order valence-corrected chi connectivity index (χ1v) is 9.53. The summed E-state index contributed by atoms with van der Waals surface area (Å²) in [5.41, 5.74) is 1.97. The highest BCUT2D eigenvalue weighted by Crippen LogP contribution is 2.36. The lowest BCUT2D eigenvalue weighted by atomic mass is 10.1. The fourth-order valence-corrected chi connectivity index (χ4v) is 3.81. The van der Waals surface area contributed by atoms with Gasteiger partial charge in [0.2, 0.25) is 0 Å². The number of aromatic nitrogens is 2. The standard InChI is InChI=1S/C20H15BrN4O4/c1-11-18(12(2)23(22-11)10-13-6-8-14(21)9-7-13)24-19(26)15-4-3-5-16(25(28)29)17(15)20(24)27/h3-9H,10H2,1-2H3. The molecule has 1 aliphatic heterocycles. The van der Waals surface area contributed by atoms with Crippen LogP contribution in [-0.4, -0.2) is 26.5 Å². The highest BCUT2D eigenvalue weighted by Gasteiger charge is 2.43. The van der Waals surface area contributed by atoms with E-state index in [0.29, 0.717) is 23.6 Å². The number of nitro groups is 1. The van der Waals surface area contributed by atoms with E-state index < -0.39 is 16.7 Å². The van der Waals surface area contributed by atoms with Gasteiger partial charge in [0.25, 0.3) is 17.5 Å². The third-order valence-corrected chi connectivity index (χ3v) is 5.43. The van der Waals surface area contributed by atoms with Crippen LogP contribution in [0, 0.1) is 24.0 Å². The summed E-state index contributed by atoms with van der Waals surface area (Å²) in [6, 6.07) is 11.8. The molecule has 0 N–H and O–H groups in total. The van der Waals surface area contributed by atoms with Gasteiger partial charge in [0, 0.05) is 10.5 Å². The summed E-state index contributed by atoms with van der Waals surface area (Å²) in [6.07, 6.45) is 0. The van der Waals surface area contributed by atoms with Crippen molar-refractivity contribution in [1.29, 1.82) is 0 Å². The Morgan fingerprint density at radius 1 is 1.07 bits per heavy atom. The van der Waals surface area contributed by atoms with Gasteiger partial charge in [-0.05, 0) is 37.6 Å². The van der Waals surface area contributed by atoms with Gasteiger partial charge in [-0.3, -0.25) is 24.4 Å². The van der Waals surface area contributed by atoms with Crippen LogP contribution in [-0.2, 0) is 6.54 Å². The van der Waals surface area contributed by atoms with Crippen LogP contribution in [0.2, 0.25) is 0 Å². The second kappa shape index (κ2) is 6.93. The molecule has 9 heteroatoms. The molecule has 8 nitrogen and oxygen atoms in total. The number of benzene rings is 2. The van der Waals surface area contributed by atoms with Gasteiger partial charge in [0.15, 0.2) is 0 Å². The predicted octanol–water partition coefficient (Wildman–Crippen LogP) is 4.02. The minimum Gasteiger partial charge on any atom is -0.268 e. The second-order valence-corrected chi connectivity index (χ2v) is 7.62. The number of anilines is 1. The first-order valence-electron chi connectivity index (χ1n) is 8.74. The summed E-state index contributed by atoms with van der Waals surface area (Å²) in [6.45, 7) is 3.94. The number of hydrogen-bond donors (Lipinski definition) is 0. The molecule has 4 rings (SSSR count). The van der Waals surface area contributed by atoms with Gasteiger partial charge in [0.05, 0.1) is 34.1 Å². The second-order valence-electron chi connectivity index (χ2n) is 6.71. The van der Waals surface area contributed by atoms with Gasteiger partial charge < -0.3 is 0 Å². The molecule has 0 aliphatic carbocycles. The number of carbonyl (C=O) groups is 2. The van der Waals surface area contributed by atoms with E-state index in [1.807, 2.05) is 24.3 Å². The third-order valence-electron chi connectivity index (χ3n) is 4.90. The van der Waals surface area contributed by atoms with Crippen LogP contribution in [0.4, 0.5) is 11.4 Å². The molecular weight excluding hydrogens is 440 g/mol. The van der Waals surface area contributed by atoms with E-state index in [0.717, 1.165) is 14.9 Å². The quantitative estimate of drug-likeness (QED) is 0.336. The van der Waals surface area contributed by atoms with E-state index in [4.69, 9.17) is 0 Å². The first kappa shape index (κ1) is 19.0. The van der Waals surface area contributed by atoms with Crippen LogP contribution in [0.1, 0.15) is 37.7 Å². The van der Waals surface area contributed by atoms with Crippen LogP contribution >= 0.6 is 15.9 Å². The molecule has 2 aromatic carbocycles. The van der Waals surface area contributed by atoms with E-state index in [9.17, 15) is 19.7 Å². The fraction of sp³-hybridized carbons (Fsp3) is 0.150. The van der Waals surface area contributed by atoms with Gasteiger partial charge in [-0.2, -0.15) is 5.10 Å². The molecule has 0 unspecified atom stereocenters. The highest BCUT2D eigenvalue weighted by molar-refractivity contribution is 9.10. The largest absolute Gasteiger partial charge is 0.283 e. The number of amides is 2. The number of nitro benzene ring substituents is 1. The van der Waals surface area contributed by atoms with Crippen LogP contribution in [0.15, 0.2) is 46.9 Å². The van der Waals surface area contributed by atoms with Crippen molar-refractivity contribution in [3.05, 3.63) is 85.1 Å². The Hall–Kier alpha value is -3.33. The Bertz CT molecular complexity index is 1180. The van der Waals surface area contributed by atoms with Gasteiger partial charge in [-0.1, -0.05) is 34.1 Å². The van der Waals surface area contributed by atoms with E-state index in [1.54, 1.807) is 18.5 Å². The number of halogens is 1. The summed E-state index contributed by atoms with van der Waals surface area (Å²) in [5, 5.41) is 15.8. The summed E-state index contributed by atoms with van der Waals surface area (Å²) < 4.78 is 2.68. The van der Waals surface area contributed by atoms with Crippen molar-refractivity contribution in [3.8, 4) is 0 Å². The summed E-state index contributed by atoms with van der Waals surface area (Å²) in [4.78, 5) is 37.6. The lowest BCUT2D eigenvalue weighted by Gasteiger charge is -2.14. The topological polar surface area (TPSA) is 98.3 Å². The summed E-state index contributed by atoms with van der Waals surface area (Å²) in [7, 11) is 0. The number of hydrogen-bond acceptors (Lipinski definition) is 5. The molecule has 0 spiro atoms. The van der Waals surface area contributed by atoms with Gasteiger partial charge in [0.1, 0.15) is 5.56 Å². The lowest BCUT2D eigenvalue weighted by molar-refractivity contribution is -0.385. The maximum atomic E-state index is 13.0. The molecule has 0 saturated heterocycles. The van der Waals surface area contributed by atoms with Crippen molar-refractivity contribution in [2.75, 3.05) is 4.90 Å². The molecule has 3 aromatic rings. The van der Waals surface area contributed by atoms with Crippen LogP contribution in [0.3, 0.4) is 0 Å². The number of fused-ring (bicyclic) bond motifs is 1. The van der Waals surface area contributed by atoms with E-state index in [1.165, 1.54) is 18.2 Å². The minimum atomic E-state index is -0.702. The summed E-state index contributed by atoms with van der Waals surface area (Å²) >= 11 is 3.40. The Morgan fingerprint density at radius 2 is 1.76 bits per heavy atom. The minimum absolute atomic E-state index is 0.0312. The van der Waals surface area contributed by atoms with E-state index in [-0.39, 0.29) is 16.8 Å². The average molecular weight is 455 g/mol. The van der Waals surface area contributed by atoms with Crippen molar-refractivity contribution >= 4 is 39.1 Å². The molecular formula is C20H15BrN4O4. The zero-order chi connectivity index (χ0) is 20.9. The molecule has 0 radical (unpaired) electrons. The highest BCUT2D eigenvalue weighted by atomic mass is 79.9. The molecule has 2 amide bonds. The monoisotopic (exact) mass is 454 g/mol. The van der Waals surface area contributed by atoms with Gasteiger partial charge in [-0.15, -0.1) is 0 Å². The maximum absolute atomic E-state index is 13.0. The molecule has 0 bridgehead atoms. The third kappa shape index (κ3) is 3.03. The van der Waals surface area contributed by atoms with Crippen LogP contribution < -0.4 is 4.90 Å². The zero-order valence-corrected chi connectivity index (χ0v) is 17.1. The zero-order valence-electron chi connectivity index (χ0n) is 15.5. The molecule has 1 aliphatic rings. The number of aryl methyl sites for hydroxylation is 1. The van der Waals surface area contributed by atoms with Crippen LogP contribution in [0.25, 0.3) is 0 Å². The maximum Gasteiger partial charge on any atom is 0.283 e. The molecule has 0 atom stereocenters. The van der Waals surface area contributed by atoms with E-state index >= 15 is 0 Å². The Kier molecular flexibility index (Phi) is 4.54. The smallest absolute Gasteiger partial charge is 0.268 e. The summed E-state index contributed by atoms with van der Waals surface area (Å²) in [5.74, 6) is -1.28. The molecule has 1 aromatic heterocycles. The van der Waals surface area contributed by atoms with Gasteiger partial charge in [-0.25, -0.2) is 4.90 Å². The fourth-order valence-electron chi connectivity index (χ4n) is 3.55. The molecule has 146 valence electrons. The SMILES string of the molecule is Cc1nn(Cc2ccc(Br)cc2)c(C)c1N1C(=O)c2cccc([N+](=O)[O-])c2C1=O.